The van der Waals surface area contributed by atoms with E-state index in [4.69, 9.17) is 4.74 Å². The molecule has 3 rings (SSSR count). The number of ether oxygens (including phenoxy) is 1. The maximum Gasteiger partial charge on any atom is 0.309 e. The number of aliphatic carboxylic acids is 1. The quantitative estimate of drug-likeness (QED) is 0.675. The summed E-state index contributed by atoms with van der Waals surface area (Å²) in [7, 11) is 0. The summed E-state index contributed by atoms with van der Waals surface area (Å²) in [5.74, 6) is -0.509. The lowest BCUT2D eigenvalue weighted by Gasteiger charge is -2.39. The maximum absolute atomic E-state index is 11.8. The molecule has 4 heteroatoms. The van der Waals surface area contributed by atoms with Crippen molar-refractivity contribution in [2.45, 2.75) is 46.0 Å². The number of carbonyl (C=O) groups is 2. The van der Waals surface area contributed by atoms with E-state index in [9.17, 15) is 14.7 Å². The van der Waals surface area contributed by atoms with Gasteiger partial charge in [0.05, 0.1) is 5.41 Å². The second-order valence-electron chi connectivity index (χ2n) is 6.79. The first-order valence-corrected chi connectivity index (χ1v) is 8.34. The smallest absolute Gasteiger partial charge is 0.309 e. The fourth-order valence-electron chi connectivity index (χ4n) is 4.05. The number of carboxylic acids is 1. The summed E-state index contributed by atoms with van der Waals surface area (Å²) in [4.78, 5) is 22.9. The van der Waals surface area contributed by atoms with Crippen LogP contribution in [0.15, 0.2) is 30.3 Å². The van der Waals surface area contributed by atoms with Crippen LogP contribution in [0.1, 0.15) is 50.7 Å². The summed E-state index contributed by atoms with van der Waals surface area (Å²) in [6, 6.07) is 9.68. The minimum absolute atomic E-state index is 0.0105. The highest BCUT2D eigenvalue weighted by molar-refractivity contribution is 5.90. The highest BCUT2D eigenvalue weighted by Gasteiger charge is 2.44. The number of carboxylic acid groups (broad SMARTS) is 1. The zero-order chi connectivity index (χ0) is 17.5. The van der Waals surface area contributed by atoms with Gasteiger partial charge in [-0.15, -0.1) is 0 Å². The number of carbonyl (C=O) groups excluding carboxylic acids is 1. The second kappa shape index (κ2) is 5.93. The molecule has 0 saturated carbocycles. The van der Waals surface area contributed by atoms with E-state index in [1.807, 2.05) is 31.2 Å². The zero-order valence-corrected chi connectivity index (χ0v) is 14.3. The van der Waals surface area contributed by atoms with E-state index in [1.165, 1.54) is 12.5 Å². The molecule has 0 amide bonds. The van der Waals surface area contributed by atoms with Gasteiger partial charge in [0.25, 0.3) is 0 Å². The van der Waals surface area contributed by atoms with E-state index in [-0.39, 0.29) is 11.9 Å². The average Bonchev–Trinajstić information content (AvgIpc) is 2.53. The summed E-state index contributed by atoms with van der Waals surface area (Å²) < 4.78 is 5.16. The molecule has 0 aliphatic heterocycles. The lowest BCUT2D eigenvalue weighted by Crippen LogP contribution is -2.38. The van der Waals surface area contributed by atoms with E-state index in [0.29, 0.717) is 12.2 Å². The Bertz CT molecular complexity index is 824. The van der Waals surface area contributed by atoms with Crippen molar-refractivity contribution in [1.82, 2.24) is 0 Å². The fraction of sp³-hybridized carbons (Fsp3) is 0.400. The third-order valence-corrected chi connectivity index (χ3v) is 5.34. The third-order valence-electron chi connectivity index (χ3n) is 5.34. The van der Waals surface area contributed by atoms with Crippen molar-refractivity contribution in [2.24, 2.45) is 5.41 Å². The summed E-state index contributed by atoms with van der Waals surface area (Å²) in [6.45, 7) is 5.30. The van der Waals surface area contributed by atoms with Gasteiger partial charge >= 0.3 is 11.9 Å². The molecule has 2 aromatic carbocycles. The molecule has 126 valence electrons. The Morgan fingerprint density at radius 3 is 2.67 bits per heavy atom. The normalized spacial score (nSPS) is 22.9. The number of benzene rings is 2. The molecule has 2 aromatic rings. The van der Waals surface area contributed by atoms with E-state index >= 15 is 0 Å². The van der Waals surface area contributed by atoms with Gasteiger partial charge in [0.1, 0.15) is 5.75 Å². The van der Waals surface area contributed by atoms with E-state index in [1.54, 1.807) is 6.07 Å². The van der Waals surface area contributed by atoms with Crippen LogP contribution in [-0.2, 0) is 16.0 Å². The molecule has 1 aliphatic rings. The van der Waals surface area contributed by atoms with Crippen LogP contribution in [0.3, 0.4) is 0 Å². The van der Waals surface area contributed by atoms with Crippen molar-refractivity contribution in [3.63, 3.8) is 0 Å². The minimum atomic E-state index is -0.717. The van der Waals surface area contributed by atoms with Gasteiger partial charge in [-0.2, -0.15) is 0 Å². The fourth-order valence-corrected chi connectivity index (χ4v) is 4.05. The first kappa shape index (κ1) is 16.5. The number of rotatable bonds is 3. The Labute approximate surface area is 141 Å². The first-order chi connectivity index (χ1) is 11.4. The van der Waals surface area contributed by atoms with Gasteiger partial charge < -0.3 is 9.84 Å². The first-order valence-electron chi connectivity index (χ1n) is 8.34. The largest absolute Gasteiger partial charge is 0.481 e. The number of hydrogen-bond acceptors (Lipinski definition) is 3. The number of esters is 1. The van der Waals surface area contributed by atoms with Crippen LogP contribution in [0, 0.1) is 5.41 Å². The third kappa shape index (κ3) is 2.56. The van der Waals surface area contributed by atoms with Crippen molar-refractivity contribution in [3.8, 4) is 5.75 Å². The lowest BCUT2D eigenvalue weighted by molar-refractivity contribution is -0.150. The van der Waals surface area contributed by atoms with Gasteiger partial charge in [-0.3, -0.25) is 9.59 Å². The van der Waals surface area contributed by atoms with Gasteiger partial charge in [0.2, 0.25) is 0 Å². The minimum Gasteiger partial charge on any atom is -0.481 e. The van der Waals surface area contributed by atoms with Gasteiger partial charge in [-0.25, -0.2) is 0 Å². The molecule has 1 aliphatic carbocycles. The topological polar surface area (TPSA) is 63.6 Å². The predicted molar refractivity (Wildman–Crippen MR) is 92.4 cm³/mol. The van der Waals surface area contributed by atoms with Crippen LogP contribution in [0.2, 0.25) is 0 Å². The molecule has 2 atom stereocenters. The number of fused-ring (bicyclic) bond motifs is 3. The van der Waals surface area contributed by atoms with Crippen LogP contribution in [0.5, 0.6) is 5.75 Å². The number of aryl methyl sites for hydroxylation is 1. The summed E-state index contributed by atoms with van der Waals surface area (Å²) in [5, 5.41) is 11.8. The standard InChI is InChI=1S/C20H22O4/c1-4-18-17-7-5-13-11-14(24-12(2)21)6-8-15(13)16(17)9-10-20(18,3)19(22)23/h5-8,11,18H,4,9-10H2,1-3H3,(H,22,23). The Kier molecular flexibility index (Phi) is 4.08. The molecule has 0 spiro atoms. The van der Waals surface area contributed by atoms with Crippen molar-refractivity contribution in [3.05, 3.63) is 41.5 Å². The maximum atomic E-state index is 11.8. The van der Waals surface area contributed by atoms with Crippen molar-refractivity contribution in [2.75, 3.05) is 0 Å². The van der Waals surface area contributed by atoms with E-state index in [0.717, 1.165) is 29.2 Å². The van der Waals surface area contributed by atoms with Crippen LogP contribution in [0.25, 0.3) is 10.8 Å². The van der Waals surface area contributed by atoms with Gasteiger partial charge in [0.15, 0.2) is 0 Å². The molecule has 0 bridgehead atoms. The van der Waals surface area contributed by atoms with Crippen molar-refractivity contribution < 1.29 is 19.4 Å². The average molecular weight is 326 g/mol. The summed E-state index contributed by atoms with van der Waals surface area (Å²) >= 11 is 0. The van der Waals surface area contributed by atoms with E-state index in [2.05, 4.69) is 6.92 Å². The highest BCUT2D eigenvalue weighted by Crippen LogP contribution is 2.49. The Morgan fingerprint density at radius 1 is 1.29 bits per heavy atom. The second-order valence-corrected chi connectivity index (χ2v) is 6.79. The molecule has 24 heavy (non-hydrogen) atoms. The molecule has 0 saturated heterocycles. The Hall–Kier alpha value is -2.36. The Balaban J connectivity index is 2.12. The molecular formula is C20H22O4. The molecule has 0 radical (unpaired) electrons. The molecule has 4 nitrogen and oxygen atoms in total. The molecule has 1 N–H and O–H groups in total. The summed E-state index contributed by atoms with van der Waals surface area (Å²) in [6.07, 6.45) is 2.18. The lowest BCUT2D eigenvalue weighted by atomic mass is 9.63. The van der Waals surface area contributed by atoms with E-state index < -0.39 is 11.4 Å². The van der Waals surface area contributed by atoms with Crippen molar-refractivity contribution >= 4 is 22.7 Å². The van der Waals surface area contributed by atoms with Gasteiger partial charge in [-0.05, 0) is 66.1 Å². The molecule has 0 heterocycles. The van der Waals surface area contributed by atoms with Crippen LogP contribution in [0.4, 0.5) is 0 Å². The van der Waals surface area contributed by atoms with Gasteiger partial charge in [-0.1, -0.05) is 25.1 Å². The van der Waals surface area contributed by atoms with Crippen molar-refractivity contribution in [1.29, 1.82) is 0 Å². The monoisotopic (exact) mass is 326 g/mol. The van der Waals surface area contributed by atoms with Crippen LogP contribution >= 0.6 is 0 Å². The highest BCUT2D eigenvalue weighted by atomic mass is 16.5. The van der Waals surface area contributed by atoms with Crippen LogP contribution < -0.4 is 4.74 Å². The zero-order valence-electron chi connectivity index (χ0n) is 14.3. The molecule has 0 fully saturated rings. The molecule has 0 aromatic heterocycles. The molecule has 2 unspecified atom stereocenters. The summed E-state index contributed by atoms with van der Waals surface area (Å²) in [5.41, 5.74) is 1.65. The Morgan fingerprint density at radius 2 is 2.04 bits per heavy atom. The van der Waals surface area contributed by atoms with Crippen LogP contribution in [-0.4, -0.2) is 17.0 Å². The number of hydrogen-bond donors (Lipinski definition) is 1. The van der Waals surface area contributed by atoms with Gasteiger partial charge in [0, 0.05) is 6.92 Å². The SMILES string of the molecule is CCC1c2ccc3cc(OC(C)=O)ccc3c2CCC1(C)C(=O)O. The molecular weight excluding hydrogens is 304 g/mol. The predicted octanol–water partition coefficient (Wildman–Crippen LogP) is 4.30.